The van der Waals surface area contributed by atoms with Crippen LogP contribution in [0.5, 0.6) is 0 Å². The minimum atomic E-state index is -3.59. The van der Waals surface area contributed by atoms with Crippen molar-refractivity contribution >= 4 is 31.9 Å². The van der Waals surface area contributed by atoms with Crippen molar-refractivity contribution < 1.29 is 13.2 Å². The van der Waals surface area contributed by atoms with Crippen LogP contribution in [0.15, 0.2) is 27.6 Å². The van der Waals surface area contributed by atoms with Crippen LogP contribution in [0.25, 0.3) is 0 Å². The lowest BCUT2D eigenvalue weighted by Crippen LogP contribution is -2.52. The van der Waals surface area contributed by atoms with Crippen LogP contribution in [0.2, 0.25) is 0 Å². The van der Waals surface area contributed by atoms with E-state index in [1.54, 1.807) is 12.1 Å². The molecular weight excluding hydrogens is 440 g/mol. The molecular formula is C21H29BrN2O3S. The first-order valence-electron chi connectivity index (χ1n) is 10.2. The van der Waals surface area contributed by atoms with Crippen molar-refractivity contribution in [2.24, 2.45) is 16.7 Å². The molecule has 4 rings (SSSR count). The summed E-state index contributed by atoms with van der Waals surface area (Å²) in [4.78, 5) is 13.3. The van der Waals surface area contributed by atoms with Gasteiger partial charge in [-0.3, -0.25) is 4.79 Å². The number of hydrogen-bond acceptors (Lipinski definition) is 3. The molecule has 3 aliphatic rings. The van der Waals surface area contributed by atoms with Gasteiger partial charge in [-0.2, -0.15) is 4.31 Å². The Labute approximate surface area is 176 Å². The lowest BCUT2D eigenvalue weighted by molar-refractivity contribution is 0.0737. The van der Waals surface area contributed by atoms with E-state index >= 15 is 0 Å². The highest BCUT2D eigenvalue weighted by atomic mass is 79.9. The van der Waals surface area contributed by atoms with E-state index < -0.39 is 10.0 Å². The quantitative estimate of drug-likeness (QED) is 0.720. The summed E-state index contributed by atoms with van der Waals surface area (Å²) in [5.41, 5.74) is 0.592. The van der Waals surface area contributed by atoms with Crippen LogP contribution in [0.1, 0.15) is 63.2 Å². The molecule has 1 heterocycles. The van der Waals surface area contributed by atoms with Gasteiger partial charge in [-0.05, 0) is 83.0 Å². The number of sulfonamides is 1. The Morgan fingerprint density at radius 3 is 2.50 bits per heavy atom. The summed E-state index contributed by atoms with van der Waals surface area (Å²) in [6, 6.07) is 5.00. The second kappa shape index (κ2) is 6.81. The SMILES string of the molecule is CC12CCC(C1)C(C)(C)C2NC(=O)c1ccc(Br)c(S(=O)(=O)N2CCCC2)c1. The number of nitrogens with zero attached hydrogens (tertiary/aromatic N) is 1. The molecule has 3 atom stereocenters. The lowest BCUT2D eigenvalue weighted by Gasteiger charge is -2.43. The molecule has 3 fully saturated rings. The standard InChI is InChI=1S/C21H29BrN2O3S/c1-20(2)15-8-9-21(3,13-15)19(20)23-18(25)14-6-7-16(22)17(12-14)28(26,27)24-10-4-5-11-24/h6-7,12,15,19H,4-5,8-11,13H2,1-3H3,(H,23,25). The maximum Gasteiger partial charge on any atom is 0.251 e. The smallest absolute Gasteiger partial charge is 0.251 e. The summed E-state index contributed by atoms with van der Waals surface area (Å²) < 4.78 is 28.0. The molecule has 1 aliphatic heterocycles. The van der Waals surface area contributed by atoms with Gasteiger partial charge in [0.1, 0.15) is 0 Å². The number of benzene rings is 1. The largest absolute Gasteiger partial charge is 0.348 e. The van der Waals surface area contributed by atoms with Crippen molar-refractivity contribution in [1.29, 1.82) is 0 Å². The second-order valence-corrected chi connectivity index (χ2v) is 12.3. The molecule has 0 aromatic heterocycles. The van der Waals surface area contributed by atoms with E-state index in [2.05, 4.69) is 42.0 Å². The zero-order valence-corrected chi connectivity index (χ0v) is 19.2. The molecule has 1 aromatic rings. The third-order valence-corrected chi connectivity index (χ3v) is 10.3. The van der Waals surface area contributed by atoms with Gasteiger partial charge in [-0.1, -0.05) is 20.8 Å². The minimum absolute atomic E-state index is 0.0580. The van der Waals surface area contributed by atoms with Crippen LogP contribution in [-0.4, -0.2) is 37.8 Å². The summed E-state index contributed by atoms with van der Waals surface area (Å²) in [5, 5.41) is 3.26. The van der Waals surface area contributed by atoms with Gasteiger partial charge in [0.2, 0.25) is 10.0 Å². The van der Waals surface area contributed by atoms with Gasteiger partial charge in [-0.25, -0.2) is 8.42 Å². The number of halogens is 1. The van der Waals surface area contributed by atoms with E-state index in [0.29, 0.717) is 29.0 Å². The molecule has 0 spiro atoms. The molecule has 3 unspecified atom stereocenters. The second-order valence-electron chi connectivity index (χ2n) is 9.58. The van der Waals surface area contributed by atoms with Crippen LogP contribution in [-0.2, 0) is 10.0 Å². The number of carbonyl (C=O) groups is 1. The van der Waals surface area contributed by atoms with Gasteiger partial charge < -0.3 is 5.32 Å². The molecule has 2 aliphatic carbocycles. The third-order valence-electron chi connectivity index (χ3n) is 7.42. The van der Waals surface area contributed by atoms with Crippen molar-refractivity contribution in [2.75, 3.05) is 13.1 Å². The Hall–Kier alpha value is -0.920. The molecule has 5 nitrogen and oxygen atoms in total. The van der Waals surface area contributed by atoms with Gasteiger partial charge in [0.05, 0.1) is 4.90 Å². The van der Waals surface area contributed by atoms with E-state index in [-0.39, 0.29) is 27.7 Å². The van der Waals surface area contributed by atoms with E-state index in [1.807, 2.05) is 0 Å². The summed E-state index contributed by atoms with van der Waals surface area (Å²) in [5.74, 6) is 0.455. The highest BCUT2D eigenvalue weighted by Crippen LogP contribution is 2.62. The van der Waals surface area contributed by atoms with Crippen molar-refractivity contribution in [3.8, 4) is 0 Å². The van der Waals surface area contributed by atoms with Crippen molar-refractivity contribution in [3.63, 3.8) is 0 Å². The van der Waals surface area contributed by atoms with Crippen LogP contribution < -0.4 is 5.32 Å². The molecule has 1 aromatic carbocycles. The fourth-order valence-electron chi connectivity index (χ4n) is 5.79. The zero-order chi connectivity index (χ0) is 20.3. The number of fused-ring (bicyclic) bond motifs is 2. The average Bonchev–Trinajstić information content (AvgIpc) is 3.33. The van der Waals surface area contributed by atoms with Crippen LogP contribution in [0, 0.1) is 16.7 Å². The molecule has 0 radical (unpaired) electrons. The van der Waals surface area contributed by atoms with Crippen LogP contribution in [0.3, 0.4) is 0 Å². The maximum atomic E-state index is 13.1. The normalized spacial score (nSPS) is 32.0. The van der Waals surface area contributed by atoms with Gasteiger partial charge in [0.25, 0.3) is 5.91 Å². The first kappa shape index (κ1) is 20.4. The van der Waals surface area contributed by atoms with Crippen LogP contribution >= 0.6 is 15.9 Å². The van der Waals surface area contributed by atoms with Crippen molar-refractivity contribution in [3.05, 3.63) is 28.2 Å². The third kappa shape index (κ3) is 3.14. The first-order chi connectivity index (χ1) is 13.1. The number of amides is 1. The lowest BCUT2D eigenvalue weighted by atomic mass is 9.68. The van der Waals surface area contributed by atoms with E-state index in [4.69, 9.17) is 0 Å². The average molecular weight is 469 g/mol. The highest BCUT2D eigenvalue weighted by molar-refractivity contribution is 9.10. The predicted octanol–water partition coefficient (Wildman–Crippen LogP) is 4.18. The first-order valence-corrected chi connectivity index (χ1v) is 12.4. The Bertz CT molecular complexity index is 903. The Morgan fingerprint density at radius 2 is 1.89 bits per heavy atom. The topological polar surface area (TPSA) is 66.5 Å². The van der Waals surface area contributed by atoms with Crippen molar-refractivity contribution in [1.82, 2.24) is 9.62 Å². The van der Waals surface area contributed by atoms with E-state index in [9.17, 15) is 13.2 Å². The molecule has 1 saturated heterocycles. The Balaban J connectivity index is 1.61. The monoisotopic (exact) mass is 468 g/mol. The molecule has 7 heteroatoms. The summed E-state index contributed by atoms with van der Waals surface area (Å²) in [6.45, 7) is 7.86. The molecule has 2 bridgehead atoms. The molecule has 1 N–H and O–H groups in total. The number of rotatable bonds is 4. The molecule has 154 valence electrons. The maximum absolute atomic E-state index is 13.1. The molecule has 2 saturated carbocycles. The van der Waals surface area contributed by atoms with E-state index in [1.165, 1.54) is 16.8 Å². The number of carbonyl (C=O) groups excluding carboxylic acids is 1. The summed E-state index contributed by atoms with van der Waals surface area (Å²) >= 11 is 3.37. The van der Waals surface area contributed by atoms with Gasteiger partial charge >= 0.3 is 0 Å². The molecule has 1 amide bonds. The van der Waals surface area contributed by atoms with Crippen molar-refractivity contribution in [2.45, 2.75) is 63.8 Å². The summed E-state index contributed by atoms with van der Waals surface area (Å²) in [6.07, 6.45) is 5.29. The fourth-order valence-corrected chi connectivity index (χ4v) is 8.25. The van der Waals surface area contributed by atoms with Gasteiger partial charge in [0.15, 0.2) is 0 Å². The Kier molecular flexibility index (Phi) is 4.95. The Morgan fingerprint density at radius 1 is 1.21 bits per heavy atom. The molecule has 28 heavy (non-hydrogen) atoms. The number of hydrogen-bond donors (Lipinski definition) is 1. The fraction of sp³-hybridized carbons (Fsp3) is 0.667. The van der Waals surface area contributed by atoms with Gasteiger partial charge in [-0.15, -0.1) is 0 Å². The van der Waals surface area contributed by atoms with Crippen LogP contribution in [0.4, 0.5) is 0 Å². The van der Waals surface area contributed by atoms with Gasteiger partial charge in [0, 0.05) is 29.2 Å². The highest BCUT2D eigenvalue weighted by Gasteiger charge is 2.59. The number of nitrogens with one attached hydrogen (secondary N) is 1. The minimum Gasteiger partial charge on any atom is -0.348 e. The summed E-state index contributed by atoms with van der Waals surface area (Å²) in [7, 11) is -3.59. The van der Waals surface area contributed by atoms with E-state index in [0.717, 1.165) is 25.7 Å². The predicted molar refractivity (Wildman–Crippen MR) is 113 cm³/mol. The zero-order valence-electron chi connectivity index (χ0n) is 16.8.